The number of nitrogens with one attached hydrogen (secondary N) is 2. The molecule has 1 aliphatic rings. The molecule has 2 N–H and O–H groups in total. The van der Waals surface area contributed by atoms with E-state index >= 15 is 0 Å². The van der Waals surface area contributed by atoms with Crippen molar-refractivity contribution in [2.45, 2.75) is 20.3 Å². The van der Waals surface area contributed by atoms with E-state index in [1.807, 2.05) is 18.2 Å². The van der Waals surface area contributed by atoms with Crippen LogP contribution in [0.2, 0.25) is 0 Å². The Morgan fingerprint density at radius 3 is 2.70 bits per heavy atom. The molecule has 3 rings (SSSR count). The first kappa shape index (κ1) is 15.4. The van der Waals surface area contributed by atoms with Gasteiger partial charge in [-0.1, -0.05) is 13.8 Å². The molecule has 6 heteroatoms. The second-order valence-electron chi connectivity index (χ2n) is 6.50. The molecule has 2 heterocycles. The molecule has 6 nitrogen and oxygen atoms in total. The molecule has 1 aromatic carbocycles. The van der Waals surface area contributed by atoms with Gasteiger partial charge in [0.15, 0.2) is 0 Å². The van der Waals surface area contributed by atoms with Crippen molar-refractivity contribution in [3.63, 3.8) is 0 Å². The minimum atomic E-state index is -0.144. The van der Waals surface area contributed by atoms with Gasteiger partial charge in [-0.05, 0) is 30.0 Å². The van der Waals surface area contributed by atoms with E-state index in [1.54, 1.807) is 14.2 Å². The molecule has 0 unspecified atom stereocenters. The Balaban J connectivity index is 2.10. The van der Waals surface area contributed by atoms with Gasteiger partial charge >= 0.3 is 0 Å². The summed E-state index contributed by atoms with van der Waals surface area (Å²) in [5, 5.41) is 2.93. The maximum absolute atomic E-state index is 12.3. The Bertz CT molecular complexity index is 750. The van der Waals surface area contributed by atoms with Crippen molar-refractivity contribution in [1.29, 1.82) is 0 Å². The van der Waals surface area contributed by atoms with Crippen LogP contribution < -0.4 is 14.8 Å². The molecule has 0 saturated carbocycles. The number of amides is 1. The molecular weight excluding hydrogens is 294 g/mol. The Morgan fingerprint density at radius 1 is 1.22 bits per heavy atom. The Kier molecular flexibility index (Phi) is 3.75. The van der Waals surface area contributed by atoms with Crippen LogP contribution in [0.3, 0.4) is 0 Å². The Morgan fingerprint density at radius 2 is 2.00 bits per heavy atom. The maximum atomic E-state index is 12.3. The van der Waals surface area contributed by atoms with E-state index in [0.29, 0.717) is 29.6 Å². The van der Waals surface area contributed by atoms with Gasteiger partial charge in [-0.2, -0.15) is 0 Å². The standard InChI is InChI=1S/C17H21N3O3/c1-17(2)8-12-14(16(21)18-9-17)20-15(19-12)11-7-10(22-3)5-6-13(11)23-4/h5-7H,8-9H2,1-4H3,(H,18,21)(H,19,20). The van der Waals surface area contributed by atoms with Crippen LogP contribution in [-0.4, -0.2) is 36.6 Å². The summed E-state index contributed by atoms with van der Waals surface area (Å²) in [7, 11) is 3.22. The second kappa shape index (κ2) is 5.61. The van der Waals surface area contributed by atoms with E-state index < -0.39 is 0 Å². The van der Waals surface area contributed by atoms with Gasteiger partial charge in [0.05, 0.1) is 19.8 Å². The summed E-state index contributed by atoms with van der Waals surface area (Å²) in [5.74, 6) is 1.85. The largest absolute Gasteiger partial charge is 0.497 e. The lowest BCUT2D eigenvalue weighted by molar-refractivity contribution is 0.0940. The molecule has 122 valence electrons. The molecule has 0 spiro atoms. The predicted molar refractivity (Wildman–Crippen MR) is 86.9 cm³/mol. The molecule has 2 aromatic rings. The minimum absolute atomic E-state index is 0.0246. The highest BCUT2D eigenvalue weighted by atomic mass is 16.5. The molecule has 0 atom stereocenters. The van der Waals surface area contributed by atoms with Gasteiger partial charge < -0.3 is 19.8 Å². The summed E-state index contributed by atoms with van der Waals surface area (Å²) in [6, 6.07) is 5.50. The molecular formula is C17H21N3O3. The number of ether oxygens (including phenoxy) is 2. The first-order chi connectivity index (χ1) is 10.9. The third-order valence-corrected chi connectivity index (χ3v) is 4.04. The number of imidazole rings is 1. The molecule has 0 radical (unpaired) electrons. The van der Waals surface area contributed by atoms with Crippen molar-refractivity contribution in [3.05, 3.63) is 29.6 Å². The van der Waals surface area contributed by atoms with E-state index in [0.717, 1.165) is 17.7 Å². The fraction of sp³-hybridized carbons (Fsp3) is 0.412. The molecule has 1 aliphatic heterocycles. The van der Waals surface area contributed by atoms with Crippen molar-refractivity contribution in [1.82, 2.24) is 15.3 Å². The van der Waals surface area contributed by atoms with Gasteiger partial charge in [0.25, 0.3) is 5.91 Å². The average molecular weight is 315 g/mol. The van der Waals surface area contributed by atoms with E-state index in [9.17, 15) is 4.79 Å². The van der Waals surface area contributed by atoms with Crippen LogP contribution in [0, 0.1) is 5.41 Å². The summed E-state index contributed by atoms with van der Waals surface area (Å²) < 4.78 is 10.7. The number of hydrogen-bond donors (Lipinski definition) is 2. The van der Waals surface area contributed by atoms with Crippen LogP contribution in [-0.2, 0) is 6.42 Å². The fourth-order valence-corrected chi connectivity index (χ4v) is 2.80. The monoisotopic (exact) mass is 315 g/mol. The zero-order valence-electron chi connectivity index (χ0n) is 13.8. The first-order valence-corrected chi connectivity index (χ1v) is 7.53. The van der Waals surface area contributed by atoms with Crippen molar-refractivity contribution in [2.24, 2.45) is 5.41 Å². The zero-order valence-corrected chi connectivity index (χ0v) is 13.8. The minimum Gasteiger partial charge on any atom is -0.497 e. The number of aromatic nitrogens is 2. The van der Waals surface area contributed by atoms with E-state index in [2.05, 4.69) is 29.1 Å². The number of carbonyl (C=O) groups is 1. The van der Waals surface area contributed by atoms with Crippen molar-refractivity contribution in [3.8, 4) is 22.9 Å². The van der Waals surface area contributed by atoms with Crippen LogP contribution in [0.25, 0.3) is 11.4 Å². The quantitative estimate of drug-likeness (QED) is 0.912. The van der Waals surface area contributed by atoms with Crippen molar-refractivity contribution < 1.29 is 14.3 Å². The second-order valence-corrected chi connectivity index (χ2v) is 6.50. The molecule has 0 saturated heterocycles. The van der Waals surface area contributed by atoms with Crippen LogP contribution >= 0.6 is 0 Å². The number of hydrogen-bond acceptors (Lipinski definition) is 4. The van der Waals surface area contributed by atoms with E-state index in [4.69, 9.17) is 9.47 Å². The molecule has 1 amide bonds. The molecule has 0 aliphatic carbocycles. The van der Waals surface area contributed by atoms with Gasteiger partial charge in [0, 0.05) is 12.2 Å². The summed E-state index contributed by atoms with van der Waals surface area (Å²) in [6.07, 6.45) is 0.750. The van der Waals surface area contributed by atoms with Gasteiger partial charge in [-0.3, -0.25) is 4.79 Å². The normalized spacial score (nSPS) is 16.3. The van der Waals surface area contributed by atoms with Crippen LogP contribution in [0.1, 0.15) is 30.0 Å². The average Bonchev–Trinajstić information content (AvgIpc) is 2.90. The van der Waals surface area contributed by atoms with Gasteiger partial charge in [-0.25, -0.2) is 4.98 Å². The van der Waals surface area contributed by atoms with Gasteiger partial charge in [0.2, 0.25) is 0 Å². The number of fused-ring (bicyclic) bond motifs is 1. The first-order valence-electron chi connectivity index (χ1n) is 7.53. The van der Waals surface area contributed by atoms with E-state index in [-0.39, 0.29) is 11.3 Å². The van der Waals surface area contributed by atoms with Crippen molar-refractivity contribution >= 4 is 5.91 Å². The third-order valence-electron chi connectivity index (χ3n) is 4.04. The molecule has 0 bridgehead atoms. The molecule has 0 fully saturated rings. The van der Waals surface area contributed by atoms with Gasteiger partial charge in [0.1, 0.15) is 23.0 Å². The predicted octanol–water partition coefficient (Wildman–Crippen LogP) is 2.41. The Hall–Kier alpha value is -2.50. The highest BCUT2D eigenvalue weighted by molar-refractivity contribution is 5.94. The smallest absolute Gasteiger partial charge is 0.271 e. The Labute approximate surface area is 135 Å². The topological polar surface area (TPSA) is 76.2 Å². The van der Waals surface area contributed by atoms with E-state index in [1.165, 1.54) is 0 Å². The van der Waals surface area contributed by atoms with Crippen LogP contribution in [0.15, 0.2) is 18.2 Å². The lowest BCUT2D eigenvalue weighted by atomic mass is 9.88. The number of methoxy groups -OCH3 is 2. The molecule has 1 aromatic heterocycles. The fourth-order valence-electron chi connectivity index (χ4n) is 2.80. The highest BCUT2D eigenvalue weighted by Gasteiger charge is 2.30. The summed E-state index contributed by atoms with van der Waals surface area (Å²) in [5.41, 5.74) is 2.05. The van der Waals surface area contributed by atoms with Crippen molar-refractivity contribution in [2.75, 3.05) is 20.8 Å². The highest BCUT2D eigenvalue weighted by Crippen LogP contribution is 2.34. The SMILES string of the molecule is COc1ccc(OC)c(-c2nc3c([nH]2)CC(C)(C)CNC3=O)c1. The zero-order chi connectivity index (χ0) is 16.6. The lowest BCUT2D eigenvalue weighted by Crippen LogP contribution is -2.32. The lowest BCUT2D eigenvalue weighted by Gasteiger charge is -2.21. The van der Waals surface area contributed by atoms with Crippen LogP contribution in [0.4, 0.5) is 0 Å². The maximum Gasteiger partial charge on any atom is 0.271 e. The number of benzene rings is 1. The third kappa shape index (κ3) is 2.88. The number of rotatable bonds is 3. The molecule has 23 heavy (non-hydrogen) atoms. The summed E-state index contributed by atoms with van der Waals surface area (Å²) >= 11 is 0. The van der Waals surface area contributed by atoms with Crippen LogP contribution in [0.5, 0.6) is 11.5 Å². The summed E-state index contributed by atoms with van der Waals surface area (Å²) in [6.45, 7) is 4.87. The summed E-state index contributed by atoms with van der Waals surface area (Å²) in [4.78, 5) is 20.1. The van der Waals surface area contributed by atoms with Gasteiger partial charge in [-0.15, -0.1) is 0 Å². The number of carbonyl (C=O) groups excluding carboxylic acids is 1. The number of aromatic amines is 1. The number of nitrogens with zero attached hydrogens (tertiary/aromatic N) is 1. The number of H-pyrrole nitrogens is 1.